The lowest BCUT2D eigenvalue weighted by Crippen LogP contribution is -2.35. The van der Waals surface area contributed by atoms with Gasteiger partial charge in [0.15, 0.2) is 0 Å². The van der Waals surface area contributed by atoms with E-state index in [-0.39, 0.29) is 0 Å². The number of hydrogen-bond acceptors (Lipinski definition) is 3. The van der Waals surface area contributed by atoms with E-state index in [2.05, 4.69) is 9.88 Å². The van der Waals surface area contributed by atoms with Gasteiger partial charge in [0.2, 0.25) is 0 Å². The summed E-state index contributed by atoms with van der Waals surface area (Å²) in [6.07, 6.45) is 5.42. The van der Waals surface area contributed by atoms with Gasteiger partial charge in [0, 0.05) is 29.9 Å². The van der Waals surface area contributed by atoms with Crippen molar-refractivity contribution in [1.82, 2.24) is 9.88 Å². The number of pyridine rings is 1. The number of likely N-dealkylation sites (tertiary alicyclic amines) is 1. The van der Waals surface area contributed by atoms with Crippen molar-refractivity contribution < 1.29 is 0 Å². The summed E-state index contributed by atoms with van der Waals surface area (Å²) in [6.45, 7) is 3.86. The third kappa shape index (κ3) is 3.82. The first-order chi connectivity index (χ1) is 8.69. The Kier molecular flexibility index (Phi) is 5.25. The zero-order chi connectivity index (χ0) is 13.0. The summed E-state index contributed by atoms with van der Waals surface area (Å²) < 4.78 is 0. The predicted molar refractivity (Wildman–Crippen MR) is 75.9 cm³/mol. The van der Waals surface area contributed by atoms with Crippen LogP contribution in [-0.2, 0) is 6.54 Å². The summed E-state index contributed by atoms with van der Waals surface area (Å²) in [5.41, 5.74) is 6.68. The molecule has 0 bridgehead atoms. The van der Waals surface area contributed by atoms with Gasteiger partial charge in [0.25, 0.3) is 0 Å². The van der Waals surface area contributed by atoms with E-state index in [1.54, 1.807) is 12.3 Å². The smallest absolute Gasteiger partial charge is 0.130 e. The van der Waals surface area contributed by atoms with E-state index in [9.17, 15) is 0 Å². The van der Waals surface area contributed by atoms with Gasteiger partial charge in [-0.3, -0.25) is 4.90 Å². The normalized spacial score (nSPS) is 21.2. The summed E-state index contributed by atoms with van der Waals surface area (Å²) in [5.74, 6) is 0.725. The summed E-state index contributed by atoms with van der Waals surface area (Å²) in [4.78, 5) is 6.53. The maximum Gasteiger partial charge on any atom is 0.130 e. The molecule has 3 nitrogen and oxygen atoms in total. The number of nitrogens with zero attached hydrogens (tertiary/aromatic N) is 2. The van der Waals surface area contributed by atoms with Crippen molar-refractivity contribution in [3.8, 4) is 0 Å². The van der Waals surface area contributed by atoms with Gasteiger partial charge < -0.3 is 5.73 Å². The molecule has 1 aromatic heterocycles. The predicted octanol–water partition coefficient (Wildman–Crippen LogP) is 2.95. The average Bonchev–Trinajstić information content (AvgIpc) is 2.34. The van der Waals surface area contributed by atoms with Gasteiger partial charge in [0.1, 0.15) is 5.15 Å². The Balaban J connectivity index is 1.96. The Bertz CT molecular complexity index is 396. The van der Waals surface area contributed by atoms with E-state index >= 15 is 0 Å². The SMILES string of the molecule is NCCC1CCCN(Cc2cnc(Cl)cc2Cl)C1. The number of hydrogen-bond donors (Lipinski definition) is 1. The van der Waals surface area contributed by atoms with Crippen LogP contribution >= 0.6 is 23.2 Å². The summed E-state index contributed by atoms with van der Waals surface area (Å²) in [6, 6.07) is 1.71. The monoisotopic (exact) mass is 287 g/mol. The van der Waals surface area contributed by atoms with E-state index < -0.39 is 0 Å². The van der Waals surface area contributed by atoms with E-state index in [1.165, 1.54) is 12.8 Å². The third-order valence-electron chi connectivity index (χ3n) is 3.47. The molecule has 18 heavy (non-hydrogen) atoms. The number of halogens is 2. The molecule has 1 aliphatic heterocycles. The van der Waals surface area contributed by atoms with Crippen molar-refractivity contribution in [3.63, 3.8) is 0 Å². The maximum absolute atomic E-state index is 6.18. The average molecular weight is 288 g/mol. The number of nitrogens with two attached hydrogens (primary N) is 1. The van der Waals surface area contributed by atoms with Crippen LogP contribution < -0.4 is 5.73 Å². The molecule has 0 aliphatic carbocycles. The number of aromatic nitrogens is 1. The molecule has 2 heterocycles. The topological polar surface area (TPSA) is 42.1 Å². The fourth-order valence-corrected chi connectivity index (χ4v) is 2.98. The highest BCUT2D eigenvalue weighted by Crippen LogP contribution is 2.24. The van der Waals surface area contributed by atoms with Crippen LogP contribution in [0.15, 0.2) is 12.3 Å². The minimum atomic E-state index is 0.448. The molecule has 0 amide bonds. The minimum absolute atomic E-state index is 0.448. The lowest BCUT2D eigenvalue weighted by Gasteiger charge is -2.32. The van der Waals surface area contributed by atoms with Crippen LogP contribution in [0, 0.1) is 5.92 Å². The van der Waals surface area contributed by atoms with Crippen molar-refractivity contribution in [3.05, 3.63) is 28.0 Å². The van der Waals surface area contributed by atoms with Crippen LogP contribution in [0.5, 0.6) is 0 Å². The van der Waals surface area contributed by atoms with Gasteiger partial charge in [-0.15, -0.1) is 0 Å². The van der Waals surface area contributed by atoms with Crippen molar-refractivity contribution in [2.45, 2.75) is 25.8 Å². The molecule has 1 atom stereocenters. The van der Waals surface area contributed by atoms with Gasteiger partial charge in [-0.25, -0.2) is 4.98 Å². The second-order valence-corrected chi connectivity index (χ2v) is 5.71. The summed E-state index contributed by atoms with van der Waals surface area (Å²) >= 11 is 12.0. The number of rotatable bonds is 4. The standard InChI is InChI=1S/C13H19Cl2N3/c14-12-6-13(15)17-7-11(12)9-18-5-1-2-10(8-18)3-4-16/h6-7,10H,1-5,8-9,16H2. The molecular formula is C13H19Cl2N3. The zero-order valence-electron chi connectivity index (χ0n) is 10.4. The van der Waals surface area contributed by atoms with Crippen LogP contribution in [0.2, 0.25) is 10.2 Å². The van der Waals surface area contributed by atoms with Crippen molar-refractivity contribution >= 4 is 23.2 Å². The second-order valence-electron chi connectivity index (χ2n) is 4.92. The Labute approximate surface area is 118 Å². The maximum atomic E-state index is 6.18. The highest BCUT2D eigenvalue weighted by atomic mass is 35.5. The molecule has 0 radical (unpaired) electrons. The molecule has 2 N–H and O–H groups in total. The first-order valence-corrected chi connectivity index (χ1v) is 7.17. The summed E-state index contributed by atoms with van der Waals surface area (Å²) in [7, 11) is 0. The molecule has 1 unspecified atom stereocenters. The van der Waals surface area contributed by atoms with Gasteiger partial charge in [-0.1, -0.05) is 23.2 Å². The molecule has 0 aromatic carbocycles. The first kappa shape index (κ1) is 14.1. The molecule has 1 aliphatic rings. The van der Waals surface area contributed by atoms with Crippen molar-refractivity contribution in [1.29, 1.82) is 0 Å². The van der Waals surface area contributed by atoms with Crippen LogP contribution in [0.4, 0.5) is 0 Å². The molecule has 1 saturated heterocycles. The van der Waals surface area contributed by atoms with Crippen molar-refractivity contribution in [2.24, 2.45) is 11.7 Å². The first-order valence-electron chi connectivity index (χ1n) is 6.41. The summed E-state index contributed by atoms with van der Waals surface area (Å²) in [5, 5.41) is 1.15. The Morgan fingerprint density at radius 1 is 1.44 bits per heavy atom. The third-order valence-corrected chi connectivity index (χ3v) is 4.03. The molecule has 5 heteroatoms. The highest BCUT2D eigenvalue weighted by Gasteiger charge is 2.20. The highest BCUT2D eigenvalue weighted by molar-refractivity contribution is 6.34. The molecular weight excluding hydrogens is 269 g/mol. The molecule has 1 aromatic rings. The largest absolute Gasteiger partial charge is 0.330 e. The molecule has 0 spiro atoms. The fourth-order valence-electron chi connectivity index (χ4n) is 2.56. The molecule has 0 saturated carbocycles. The molecule has 100 valence electrons. The fraction of sp³-hybridized carbons (Fsp3) is 0.615. The van der Waals surface area contributed by atoms with E-state index in [4.69, 9.17) is 28.9 Å². The lowest BCUT2D eigenvalue weighted by atomic mass is 9.94. The Hall–Kier alpha value is -0.350. The Morgan fingerprint density at radius 3 is 3.00 bits per heavy atom. The van der Waals surface area contributed by atoms with E-state index in [0.29, 0.717) is 10.2 Å². The molecule has 2 rings (SSSR count). The Morgan fingerprint density at radius 2 is 2.28 bits per heavy atom. The minimum Gasteiger partial charge on any atom is -0.330 e. The van der Waals surface area contributed by atoms with Gasteiger partial charge in [-0.2, -0.15) is 0 Å². The van der Waals surface area contributed by atoms with Crippen LogP contribution in [0.1, 0.15) is 24.8 Å². The van der Waals surface area contributed by atoms with Gasteiger partial charge in [-0.05, 0) is 44.3 Å². The van der Waals surface area contributed by atoms with Crippen LogP contribution in [0.3, 0.4) is 0 Å². The lowest BCUT2D eigenvalue weighted by molar-refractivity contribution is 0.163. The second kappa shape index (κ2) is 6.71. The molecule has 1 fully saturated rings. The van der Waals surface area contributed by atoms with E-state index in [0.717, 1.165) is 44.1 Å². The van der Waals surface area contributed by atoms with Gasteiger partial charge >= 0.3 is 0 Å². The number of piperidine rings is 1. The van der Waals surface area contributed by atoms with Crippen LogP contribution in [0.25, 0.3) is 0 Å². The van der Waals surface area contributed by atoms with Crippen molar-refractivity contribution in [2.75, 3.05) is 19.6 Å². The quantitative estimate of drug-likeness (QED) is 0.866. The van der Waals surface area contributed by atoms with Crippen LogP contribution in [-0.4, -0.2) is 29.5 Å². The zero-order valence-corrected chi connectivity index (χ0v) is 11.9. The van der Waals surface area contributed by atoms with E-state index in [1.807, 2.05) is 0 Å². The van der Waals surface area contributed by atoms with Gasteiger partial charge in [0.05, 0.1) is 0 Å².